The lowest BCUT2D eigenvalue weighted by Gasteiger charge is -2.19. The van der Waals surface area contributed by atoms with E-state index in [-0.39, 0.29) is 11.1 Å². The third kappa shape index (κ3) is 1.50. The van der Waals surface area contributed by atoms with Crippen LogP contribution in [0.3, 0.4) is 0 Å². The second-order valence-corrected chi connectivity index (χ2v) is 7.22. The van der Waals surface area contributed by atoms with Crippen molar-refractivity contribution < 1.29 is 13.7 Å². The van der Waals surface area contributed by atoms with E-state index in [9.17, 15) is 0 Å². The molecular weight excluding hydrogens is 298 g/mol. The number of hydrogen-bond donors (Lipinski definition) is 0. The Morgan fingerprint density at radius 2 is 1.92 bits per heavy atom. The molecule has 2 unspecified atom stereocenters. The van der Waals surface area contributed by atoms with E-state index in [0.717, 1.165) is 42.0 Å². The molecule has 2 atom stereocenters. The molecular formula is C21H22NO2+. The second kappa shape index (κ2) is 4.41. The number of fused-ring (bicyclic) bond motifs is 7. The maximum Gasteiger partial charge on any atom is 0.386 e. The molecule has 3 aromatic rings. The van der Waals surface area contributed by atoms with Crippen LogP contribution in [0, 0.1) is 6.92 Å². The van der Waals surface area contributed by atoms with Crippen LogP contribution >= 0.6 is 0 Å². The van der Waals surface area contributed by atoms with Gasteiger partial charge in [-0.05, 0) is 37.1 Å². The van der Waals surface area contributed by atoms with Crippen LogP contribution in [0.15, 0.2) is 46.9 Å². The largest absolute Gasteiger partial charge is 0.479 e. The smallest absolute Gasteiger partial charge is 0.386 e. The van der Waals surface area contributed by atoms with Crippen molar-refractivity contribution in [2.24, 2.45) is 0 Å². The molecule has 0 spiro atoms. The molecule has 24 heavy (non-hydrogen) atoms. The van der Waals surface area contributed by atoms with Crippen LogP contribution in [-0.4, -0.2) is 5.60 Å². The van der Waals surface area contributed by atoms with Gasteiger partial charge in [0, 0.05) is 12.5 Å². The molecule has 0 radical (unpaired) electrons. The zero-order valence-electron chi connectivity index (χ0n) is 14.4. The highest BCUT2D eigenvalue weighted by atomic mass is 16.5. The highest BCUT2D eigenvalue weighted by molar-refractivity contribution is 5.74. The summed E-state index contributed by atoms with van der Waals surface area (Å²) in [5.41, 5.74) is 4.30. The molecule has 122 valence electrons. The number of hydrogen-bond acceptors (Lipinski definition) is 2. The minimum Gasteiger partial charge on any atom is -0.479 e. The standard InChI is InChI=1S/C21H22NO2/c1-4-20-13-21(20,5-2)24-17-9-7-6-8-15(17)19-22(20)16-12-14(3)10-11-18(16)23-19/h6-12H,4-5,13H2,1-3H3/q+1. The maximum absolute atomic E-state index is 6.60. The van der Waals surface area contributed by atoms with Crippen molar-refractivity contribution in [1.82, 2.24) is 0 Å². The molecule has 1 aliphatic heterocycles. The molecule has 2 aromatic carbocycles. The monoisotopic (exact) mass is 320 g/mol. The first-order valence-corrected chi connectivity index (χ1v) is 8.88. The molecule has 0 amide bonds. The summed E-state index contributed by atoms with van der Waals surface area (Å²) < 4.78 is 15.4. The van der Waals surface area contributed by atoms with Crippen LogP contribution in [-0.2, 0) is 5.54 Å². The van der Waals surface area contributed by atoms with E-state index in [2.05, 4.69) is 61.7 Å². The van der Waals surface area contributed by atoms with Gasteiger partial charge in [0.25, 0.3) is 5.52 Å². The maximum atomic E-state index is 6.60. The Bertz CT molecular complexity index is 973. The molecule has 1 aromatic heterocycles. The molecule has 0 saturated heterocycles. The summed E-state index contributed by atoms with van der Waals surface area (Å²) in [4.78, 5) is 0. The van der Waals surface area contributed by atoms with Gasteiger partial charge in [-0.3, -0.25) is 0 Å². The number of aryl methyl sites for hydroxylation is 1. The average molecular weight is 320 g/mol. The zero-order chi connectivity index (χ0) is 16.5. The van der Waals surface area contributed by atoms with E-state index >= 15 is 0 Å². The van der Waals surface area contributed by atoms with Gasteiger partial charge < -0.3 is 9.15 Å². The van der Waals surface area contributed by atoms with Crippen molar-refractivity contribution in [3.63, 3.8) is 0 Å². The fourth-order valence-electron chi connectivity index (χ4n) is 4.66. The van der Waals surface area contributed by atoms with E-state index in [1.165, 1.54) is 11.1 Å². The minimum absolute atomic E-state index is 0.0187. The minimum atomic E-state index is -0.131. The number of para-hydroxylation sites is 1. The summed E-state index contributed by atoms with van der Waals surface area (Å²) in [5.74, 6) is 1.87. The van der Waals surface area contributed by atoms with Gasteiger partial charge in [-0.2, -0.15) is 0 Å². The molecule has 5 rings (SSSR count). The molecule has 0 N–H and O–H groups in total. The fraction of sp³-hybridized carbons (Fsp3) is 0.381. The highest BCUT2D eigenvalue weighted by Gasteiger charge is 2.78. The van der Waals surface area contributed by atoms with Crippen molar-refractivity contribution in [1.29, 1.82) is 0 Å². The summed E-state index contributed by atoms with van der Waals surface area (Å²) in [6.45, 7) is 6.64. The summed E-state index contributed by atoms with van der Waals surface area (Å²) in [7, 11) is 0. The first-order chi connectivity index (χ1) is 11.6. The Morgan fingerprint density at radius 1 is 1.08 bits per heavy atom. The van der Waals surface area contributed by atoms with Gasteiger partial charge in [-0.25, -0.2) is 0 Å². The number of oxazole rings is 1. The summed E-state index contributed by atoms with van der Waals surface area (Å²) in [6, 6.07) is 14.7. The molecule has 1 saturated carbocycles. The van der Waals surface area contributed by atoms with Crippen LogP contribution in [0.25, 0.3) is 22.6 Å². The molecule has 3 heteroatoms. The van der Waals surface area contributed by atoms with Crippen molar-refractivity contribution in [3.8, 4) is 17.2 Å². The van der Waals surface area contributed by atoms with Crippen LogP contribution in [0.4, 0.5) is 0 Å². The number of ether oxygens (including phenoxy) is 1. The molecule has 3 nitrogen and oxygen atoms in total. The topological polar surface area (TPSA) is 26.2 Å². The Morgan fingerprint density at radius 3 is 2.71 bits per heavy atom. The third-order valence-electron chi connectivity index (χ3n) is 6.07. The van der Waals surface area contributed by atoms with Crippen molar-refractivity contribution in [2.75, 3.05) is 0 Å². The van der Waals surface area contributed by atoms with Gasteiger partial charge in [0.15, 0.2) is 5.60 Å². The van der Waals surface area contributed by atoms with Crippen LogP contribution in [0.5, 0.6) is 5.75 Å². The first kappa shape index (κ1) is 14.1. The third-order valence-corrected chi connectivity index (χ3v) is 6.07. The average Bonchev–Trinajstić information content (AvgIpc) is 3.12. The Kier molecular flexibility index (Phi) is 2.59. The Balaban J connectivity index is 1.93. The van der Waals surface area contributed by atoms with E-state index in [1.54, 1.807) is 0 Å². The Hall–Kier alpha value is -2.29. The van der Waals surface area contributed by atoms with Crippen LogP contribution in [0.2, 0.25) is 0 Å². The zero-order valence-corrected chi connectivity index (χ0v) is 14.4. The molecule has 1 aliphatic carbocycles. The second-order valence-electron chi connectivity index (χ2n) is 7.22. The summed E-state index contributed by atoms with van der Waals surface area (Å²) in [6.07, 6.45) is 3.08. The van der Waals surface area contributed by atoms with E-state index in [4.69, 9.17) is 9.15 Å². The lowest BCUT2D eigenvalue weighted by molar-refractivity contribution is -0.714. The normalized spacial score (nSPS) is 27.0. The first-order valence-electron chi connectivity index (χ1n) is 8.88. The van der Waals surface area contributed by atoms with Gasteiger partial charge in [0.05, 0.1) is 6.42 Å². The number of nitrogens with zero attached hydrogens (tertiary/aromatic N) is 1. The fourth-order valence-corrected chi connectivity index (χ4v) is 4.66. The predicted octanol–water partition coefficient (Wildman–Crippen LogP) is 4.75. The molecule has 0 bridgehead atoms. The molecule has 2 aliphatic rings. The quantitative estimate of drug-likeness (QED) is 0.637. The van der Waals surface area contributed by atoms with Crippen molar-refractivity contribution in [2.45, 2.75) is 51.2 Å². The number of benzene rings is 2. The highest BCUT2D eigenvalue weighted by Crippen LogP contribution is 2.61. The Labute approximate surface area is 141 Å². The summed E-state index contributed by atoms with van der Waals surface area (Å²) in [5, 5.41) is 0. The predicted molar refractivity (Wildman–Crippen MR) is 93.1 cm³/mol. The van der Waals surface area contributed by atoms with Gasteiger partial charge in [-0.1, -0.05) is 32.0 Å². The number of rotatable bonds is 2. The molecule has 2 heterocycles. The SMILES string of the molecule is CCC12CC1(CC)[n+]1c(oc3ccc(C)cc31)-c1ccccc1O2. The molecule has 1 fully saturated rings. The van der Waals surface area contributed by atoms with E-state index in [0.29, 0.717) is 0 Å². The van der Waals surface area contributed by atoms with E-state index < -0.39 is 0 Å². The van der Waals surface area contributed by atoms with Crippen LogP contribution in [0.1, 0.15) is 38.7 Å². The van der Waals surface area contributed by atoms with Gasteiger partial charge in [-0.15, -0.1) is 4.57 Å². The van der Waals surface area contributed by atoms with Gasteiger partial charge in [0.1, 0.15) is 11.3 Å². The van der Waals surface area contributed by atoms with Gasteiger partial charge in [0.2, 0.25) is 11.1 Å². The lowest BCUT2D eigenvalue weighted by atomic mass is 10.0. The van der Waals surface area contributed by atoms with Crippen LogP contribution < -0.4 is 9.30 Å². The van der Waals surface area contributed by atoms with Gasteiger partial charge >= 0.3 is 5.89 Å². The lowest BCUT2D eigenvalue weighted by Crippen LogP contribution is -2.52. The number of aromatic nitrogens is 1. The summed E-state index contributed by atoms with van der Waals surface area (Å²) >= 11 is 0. The van der Waals surface area contributed by atoms with Crippen molar-refractivity contribution >= 4 is 11.1 Å². The van der Waals surface area contributed by atoms with E-state index in [1.807, 2.05) is 6.07 Å². The van der Waals surface area contributed by atoms with Crippen molar-refractivity contribution in [3.05, 3.63) is 48.0 Å².